The number of carbonyl (C=O) groups is 1. The highest BCUT2D eigenvalue weighted by Gasteiger charge is 2.38. The van der Waals surface area contributed by atoms with E-state index in [4.69, 9.17) is 5.11 Å². The van der Waals surface area contributed by atoms with Crippen molar-refractivity contribution < 1.29 is 23.1 Å². The second-order valence-corrected chi connectivity index (χ2v) is 2.77. The Hall–Kier alpha value is -1.56. The molecule has 0 aliphatic carbocycles. The third kappa shape index (κ3) is 2.95. The van der Waals surface area contributed by atoms with E-state index in [1.807, 2.05) is 0 Å². The maximum Gasteiger partial charge on any atom is 0.471 e. The second kappa shape index (κ2) is 4.31. The first-order valence-electron chi connectivity index (χ1n) is 4.02. The maximum absolute atomic E-state index is 11.9. The molecule has 0 aliphatic heterocycles. The molecule has 0 fully saturated rings. The van der Waals surface area contributed by atoms with Crippen LogP contribution >= 0.6 is 0 Å². The zero-order chi connectivity index (χ0) is 11.5. The summed E-state index contributed by atoms with van der Waals surface area (Å²) in [7, 11) is 0. The molecular weight excluding hydrogens is 211 g/mol. The van der Waals surface area contributed by atoms with Crippen molar-refractivity contribution in [1.29, 1.82) is 0 Å². The van der Waals surface area contributed by atoms with Crippen LogP contribution in [-0.4, -0.2) is 17.2 Å². The molecule has 0 saturated heterocycles. The molecule has 0 atom stereocenters. The highest BCUT2D eigenvalue weighted by atomic mass is 19.4. The van der Waals surface area contributed by atoms with Crippen molar-refractivity contribution in [3.8, 4) is 0 Å². The molecule has 1 aromatic rings. The van der Waals surface area contributed by atoms with E-state index in [-0.39, 0.29) is 11.3 Å². The van der Waals surface area contributed by atoms with Crippen LogP contribution in [0.15, 0.2) is 24.3 Å². The van der Waals surface area contributed by atoms with Crippen molar-refractivity contribution in [2.75, 3.05) is 5.32 Å². The number of rotatable bonds is 2. The summed E-state index contributed by atoms with van der Waals surface area (Å²) in [4.78, 5) is 10.6. The summed E-state index contributed by atoms with van der Waals surface area (Å²) < 4.78 is 35.7. The minimum atomic E-state index is -4.93. The highest BCUT2D eigenvalue weighted by molar-refractivity contribution is 5.95. The average Bonchev–Trinajstić information content (AvgIpc) is 2.17. The Morgan fingerprint density at radius 1 is 1.33 bits per heavy atom. The lowest BCUT2D eigenvalue weighted by Gasteiger charge is -2.10. The van der Waals surface area contributed by atoms with Gasteiger partial charge in [0.15, 0.2) is 0 Å². The molecule has 1 amide bonds. The van der Waals surface area contributed by atoms with Gasteiger partial charge in [0.2, 0.25) is 0 Å². The Morgan fingerprint density at radius 2 is 1.93 bits per heavy atom. The number of halogens is 3. The topological polar surface area (TPSA) is 49.3 Å². The molecule has 15 heavy (non-hydrogen) atoms. The normalized spacial score (nSPS) is 11.2. The predicted octanol–water partition coefficient (Wildman–Crippen LogP) is 1.68. The zero-order valence-electron chi connectivity index (χ0n) is 7.51. The average molecular weight is 219 g/mol. The smallest absolute Gasteiger partial charge is 0.392 e. The van der Waals surface area contributed by atoms with Crippen LogP contribution in [0.25, 0.3) is 0 Å². The zero-order valence-corrected chi connectivity index (χ0v) is 7.51. The number of aliphatic hydroxyl groups is 1. The number of alkyl halides is 3. The van der Waals surface area contributed by atoms with Crippen LogP contribution in [-0.2, 0) is 11.4 Å². The van der Waals surface area contributed by atoms with Gasteiger partial charge in [-0.1, -0.05) is 18.2 Å². The van der Waals surface area contributed by atoms with Gasteiger partial charge >= 0.3 is 12.1 Å². The number of carbonyl (C=O) groups excluding carboxylic acids is 1. The Balaban J connectivity index is 2.85. The van der Waals surface area contributed by atoms with Gasteiger partial charge in [0.25, 0.3) is 0 Å². The molecule has 82 valence electrons. The van der Waals surface area contributed by atoms with Gasteiger partial charge in [0.1, 0.15) is 0 Å². The molecule has 0 aromatic heterocycles. The number of hydrogen-bond donors (Lipinski definition) is 2. The van der Waals surface area contributed by atoms with Crippen LogP contribution in [0.3, 0.4) is 0 Å². The lowest BCUT2D eigenvalue weighted by molar-refractivity contribution is -0.167. The van der Waals surface area contributed by atoms with Gasteiger partial charge in [-0.3, -0.25) is 4.79 Å². The van der Waals surface area contributed by atoms with Gasteiger partial charge in [-0.25, -0.2) is 0 Å². The van der Waals surface area contributed by atoms with E-state index < -0.39 is 18.7 Å². The highest BCUT2D eigenvalue weighted by Crippen LogP contribution is 2.20. The van der Waals surface area contributed by atoms with Crippen LogP contribution in [0.5, 0.6) is 0 Å². The maximum atomic E-state index is 11.9. The number of aliphatic hydroxyl groups excluding tert-OH is 1. The molecule has 3 nitrogen and oxygen atoms in total. The van der Waals surface area contributed by atoms with Gasteiger partial charge in [0, 0.05) is 11.3 Å². The minimum absolute atomic E-state index is 0.0395. The molecule has 1 aromatic carbocycles. The largest absolute Gasteiger partial charge is 0.471 e. The Labute approximate surface area is 83.5 Å². The number of nitrogens with one attached hydrogen (secondary N) is 1. The van der Waals surface area contributed by atoms with Crippen molar-refractivity contribution in [2.45, 2.75) is 12.8 Å². The van der Waals surface area contributed by atoms with Crippen LogP contribution in [0.4, 0.5) is 18.9 Å². The van der Waals surface area contributed by atoms with Crippen LogP contribution in [0.1, 0.15) is 5.56 Å². The molecular formula is C9H8F3NO2. The monoisotopic (exact) mass is 219 g/mol. The van der Waals surface area contributed by atoms with Crippen molar-refractivity contribution >= 4 is 11.6 Å². The fourth-order valence-electron chi connectivity index (χ4n) is 0.973. The van der Waals surface area contributed by atoms with E-state index in [0.717, 1.165) is 0 Å². The van der Waals surface area contributed by atoms with Gasteiger partial charge in [0.05, 0.1) is 6.61 Å². The number of hydrogen-bond acceptors (Lipinski definition) is 2. The molecule has 0 radical (unpaired) electrons. The summed E-state index contributed by atoms with van der Waals surface area (Å²) >= 11 is 0. The van der Waals surface area contributed by atoms with E-state index in [2.05, 4.69) is 0 Å². The van der Waals surface area contributed by atoms with Crippen LogP contribution in [0.2, 0.25) is 0 Å². The summed E-state index contributed by atoms with van der Waals surface area (Å²) in [5, 5.41) is 10.5. The molecule has 2 N–H and O–H groups in total. The number of amides is 1. The van der Waals surface area contributed by atoms with Crippen molar-refractivity contribution in [1.82, 2.24) is 0 Å². The summed E-state index contributed by atoms with van der Waals surface area (Å²) in [6.45, 7) is -0.436. The van der Waals surface area contributed by atoms with Gasteiger partial charge < -0.3 is 10.4 Å². The Bertz CT molecular complexity index is 363. The fraction of sp³-hybridized carbons (Fsp3) is 0.222. The second-order valence-electron chi connectivity index (χ2n) is 2.77. The minimum Gasteiger partial charge on any atom is -0.392 e. The van der Waals surface area contributed by atoms with Crippen molar-refractivity contribution in [2.24, 2.45) is 0 Å². The third-order valence-corrected chi connectivity index (χ3v) is 1.69. The predicted molar refractivity (Wildman–Crippen MR) is 47.0 cm³/mol. The first-order chi connectivity index (χ1) is 6.95. The molecule has 6 heteroatoms. The lowest BCUT2D eigenvalue weighted by Crippen LogP contribution is -2.30. The van der Waals surface area contributed by atoms with E-state index in [9.17, 15) is 18.0 Å². The van der Waals surface area contributed by atoms with Crippen LogP contribution in [0, 0.1) is 0 Å². The van der Waals surface area contributed by atoms with Crippen LogP contribution < -0.4 is 5.32 Å². The summed E-state index contributed by atoms with van der Waals surface area (Å²) in [6.07, 6.45) is -4.93. The van der Waals surface area contributed by atoms with E-state index in [1.165, 1.54) is 18.2 Å². The fourth-order valence-corrected chi connectivity index (χ4v) is 0.973. The first kappa shape index (κ1) is 11.5. The Kier molecular flexibility index (Phi) is 3.31. The van der Waals surface area contributed by atoms with E-state index in [1.54, 1.807) is 11.4 Å². The third-order valence-electron chi connectivity index (χ3n) is 1.69. The molecule has 0 heterocycles. The van der Waals surface area contributed by atoms with E-state index in [0.29, 0.717) is 0 Å². The number of benzene rings is 1. The summed E-state index contributed by atoms with van der Waals surface area (Å²) in [5.74, 6) is -2.05. The lowest BCUT2D eigenvalue weighted by atomic mass is 10.2. The van der Waals surface area contributed by atoms with Gasteiger partial charge in [-0.15, -0.1) is 0 Å². The van der Waals surface area contributed by atoms with Crippen molar-refractivity contribution in [3.05, 3.63) is 29.8 Å². The Morgan fingerprint density at radius 3 is 2.47 bits per heavy atom. The standard InChI is InChI=1S/C9H8F3NO2/c10-9(11,12)8(15)13-7-4-2-1-3-6(7)5-14/h1-4,14H,5H2,(H,13,15). The van der Waals surface area contributed by atoms with Crippen molar-refractivity contribution in [3.63, 3.8) is 0 Å². The molecule has 0 bridgehead atoms. The quantitative estimate of drug-likeness (QED) is 0.795. The number of anilines is 1. The van der Waals surface area contributed by atoms with Gasteiger partial charge in [-0.2, -0.15) is 13.2 Å². The van der Waals surface area contributed by atoms with Gasteiger partial charge in [-0.05, 0) is 6.07 Å². The number of para-hydroxylation sites is 1. The first-order valence-corrected chi connectivity index (χ1v) is 4.02. The van der Waals surface area contributed by atoms with E-state index >= 15 is 0 Å². The summed E-state index contributed by atoms with van der Waals surface area (Å²) in [5.41, 5.74) is 0.192. The molecule has 1 rings (SSSR count). The molecule has 0 unspecified atom stereocenters. The molecule has 0 saturated carbocycles. The summed E-state index contributed by atoms with van der Waals surface area (Å²) in [6, 6.07) is 5.72. The molecule has 0 aliphatic rings. The molecule has 0 spiro atoms. The SMILES string of the molecule is O=C(Nc1ccccc1CO)C(F)(F)F.